The third kappa shape index (κ3) is 2.21. The standard InChI is InChI=1S/C9H13NO3S2/c11-6-7-5-10-9(14-7)8-3-1-2-4-15(8,12)13/h5,8,11H,1-4,6H2. The summed E-state index contributed by atoms with van der Waals surface area (Å²) in [6.07, 6.45) is 3.93. The fourth-order valence-corrected chi connectivity index (χ4v) is 4.94. The number of aliphatic hydroxyl groups is 1. The number of thiazole rings is 1. The minimum atomic E-state index is -3.01. The average Bonchev–Trinajstić information content (AvgIpc) is 2.65. The smallest absolute Gasteiger partial charge is 0.159 e. The molecule has 1 aromatic rings. The van der Waals surface area contributed by atoms with Gasteiger partial charge in [-0.05, 0) is 12.8 Å². The van der Waals surface area contributed by atoms with Gasteiger partial charge in [0.1, 0.15) is 10.3 Å². The number of hydrogen-bond acceptors (Lipinski definition) is 5. The first-order valence-corrected chi connectivity index (χ1v) is 7.44. The second-order valence-electron chi connectivity index (χ2n) is 3.67. The van der Waals surface area contributed by atoms with E-state index in [-0.39, 0.29) is 12.4 Å². The summed E-state index contributed by atoms with van der Waals surface area (Å²) >= 11 is 1.30. The molecule has 1 aliphatic heterocycles. The Morgan fingerprint density at radius 2 is 2.33 bits per heavy atom. The van der Waals surface area contributed by atoms with Crippen LogP contribution in [0.15, 0.2) is 6.20 Å². The van der Waals surface area contributed by atoms with E-state index in [0.29, 0.717) is 11.4 Å². The van der Waals surface area contributed by atoms with Crippen LogP contribution in [0.2, 0.25) is 0 Å². The van der Waals surface area contributed by atoms with Gasteiger partial charge in [0.25, 0.3) is 0 Å². The quantitative estimate of drug-likeness (QED) is 0.854. The molecule has 1 unspecified atom stereocenters. The van der Waals surface area contributed by atoms with E-state index in [9.17, 15) is 8.42 Å². The number of aromatic nitrogens is 1. The van der Waals surface area contributed by atoms with E-state index in [4.69, 9.17) is 5.11 Å². The van der Waals surface area contributed by atoms with Crippen molar-refractivity contribution in [2.45, 2.75) is 31.1 Å². The molecule has 1 aromatic heterocycles. The Morgan fingerprint density at radius 3 is 2.93 bits per heavy atom. The van der Waals surface area contributed by atoms with E-state index in [1.807, 2.05) is 0 Å². The fraction of sp³-hybridized carbons (Fsp3) is 0.667. The van der Waals surface area contributed by atoms with Crippen LogP contribution in [0.1, 0.15) is 34.4 Å². The van der Waals surface area contributed by atoms with Crippen LogP contribution < -0.4 is 0 Å². The molecule has 2 rings (SSSR count). The topological polar surface area (TPSA) is 67.3 Å². The molecule has 0 saturated carbocycles. The van der Waals surface area contributed by atoms with E-state index < -0.39 is 15.1 Å². The minimum absolute atomic E-state index is 0.0650. The van der Waals surface area contributed by atoms with Crippen molar-refractivity contribution in [3.63, 3.8) is 0 Å². The molecule has 84 valence electrons. The largest absolute Gasteiger partial charge is 0.391 e. The molecule has 15 heavy (non-hydrogen) atoms. The van der Waals surface area contributed by atoms with Crippen molar-refractivity contribution in [3.8, 4) is 0 Å². The fourth-order valence-electron chi connectivity index (χ4n) is 1.78. The summed E-state index contributed by atoms with van der Waals surface area (Å²) in [7, 11) is -3.01. The van der Waals surface area contributed by atoms with Crippen molar-refractivity contribution in [3.05, 3.63) is 16.1 Å². The summed E-state index contributed by atoms with van der Waals surface area (Å²) in [6.45, 7) is -0.0650. The summed E-state index contributed by atoms with van der Waals surface area (Å²) in [5.41, 5.74) is 0. The van der Waals surface area contributed by atoms with E-state index in [1.165, 1.54) is 11.3 Å². The van der Waals surface area contributed by atoms with Gasteiger partial charge < -0.3 is 5.11 Å². The van der Waals surface area contributed by atoms with Crippen LogP contribution >= 0.6 is 11.3 Å². The lowest BCUT2D eigenvalue weighted by molar-refractivity contribution is 0.285. The molecule has 1 N–H and O–H groups in total. The predicted octanol–water partition coefficient (Wildman–Crippen LogP) is 1.28. The highest BCUT2D eigenvalue weighted by Gasteiger charge is 2.32. The molecule has 0 aliphatic carbocycles. The second-order valence-corrected chi connectivity index (χ2v) is 7.12. The van der Waals surface area contributed by atoms with Crippen molar-refractivity contribution in [2.24, 2.45) is 0 Å². The van der Waals surface area contributed by atoms with Crippen molar-refractivity contribution in [2.75, 3.05) is 5.75 Å². The zero-order chi connectivity index (χ0) is 10.9. The van der Waals surface area contributed by atoms with E-state index in [0.717, 1.165) is 17.7 Å². The van der Waals surface area contributed by atoms with Gasteiger partial charge in [-0.1, -0.05) is 6.42 Å². The van der Waals surface area contributed by atoms with E-state index >= 15 is 0 Å². The van der Waals surface area contributed by atoms with E-state index in [1.54, 1.807) is 6.20 Å². The van der Waals surface area contributed by atoms with Crippen molar-refractivity contribution < 1.29 is 13.5 Å². The molecule has 6 heteroatoms. The van der Waals surface area contributed by atoms with Gasteiger partial charge in [-0.2, -0.15) is 0 Å². The highest BCUT2D eigenvalue weighted by atomic mass is 32.2. The molecular weight excluding hydrogens is 234 g/mol. The number of hydrogen-bond donors (Lipinski definition) is 1. The highest BCUT2D eigenvalue weighted by molar-refractivity contribution is 7.91. The molecule has 1 atom stereocenters. The number of nitrogens with zero attached hydrogens (tertiary/aromatic N) is 1. The lowest BCUT2D eigenvalue weighted by Crippen LogP contribution is -2.21. The molecule has 1 aliphatic rings. The van der Waals surface area contributed by atoms with Gasteiger partial charge in [0.15, 0.2) is 9.84 Å². The molecule has 0 bridgehead atoms. The average molecular weight is 247 g/mol. The van der Waals surface area contributed by atoms with Gasteiger partial charge in [0.2, 0.25) is 0 Å². The summed E-state index contributed by atoms with van der Waals surface area (Å²) in [5.74, 6) is 0.270. The van der Waals surface area contributed by atoms with Crippen LogP contribution in [0.25, 0.3) is 0 Å². The Bertz CT molecular complexity index is 438. The molecule has 4 nitrogen and oxygen atoms in total. The lowest BCUT2D eigenvalue weighted by atomic mass is 10.2. The maximum absolute atomic E-state index is 11.8. The molecule has 0 amide bonds. The summed E-state index contributed by atoms with van der Waals surface area (Å²) in [4.78, 5) is 4.81. The maximum atomic E-state index is 11.8. The van der Waals surface area contributed by atoms with Crippen molar-refractivity contribution in [1.29, 1.82) is 0 Å². The van der Waals surface area contributed by atoms with Crippen LogP contribution in [0.5, 0.6) is 0 Å². The molecule has 0 spiro atoms. The number of rotatable bonds is 2. The zero-order valence-corrected chi connectivity index (χ0v) is 9.85. The Balaban J connectivity index is 2.29. The zero-order valence-electron chi connectivity index (χ0n) is 8.22. The monoisotopic (exact) mass is 247 g/mol. The van der Waals surface area contributed by atoms with Crippen LogP contribution in [0.3, 0.4) is 0 Å². The molecule has 0 aromatic carbocycles. The van der Waals surface area contributed by atoms with Crippen LogP contribution in [0.4, 0.5) is 0 Å². The third-order valence-corrected chi connectivity index (χ3v) is 6.01. The van der Waals surface area contributed by atoms with Gasteiger partial charge in [-0.15, -0.1) is 11.3 Å². The molecule has 1 fully saturated rings. The van der Waals surface area contributed by atoms with Gasteiger partial charge in [-0.25, -0.2) is 13.4 Å². The van der Waals surface area contributed by atoms with Crippen LogP contribution in [-0.4, -0.2) is 24.3 Å². The first-order chi connectivity index (χ1) is 7.13. The van der Waals surface area contributed by atoms with Gasteiger partial charge >= 0.3 is 0 Å². The summed E-state index contributed by atoms with van der Waals surface area (Å²) < 4.78 is 23.6. The minimum Gasteiger partial charge on any atom is -0.391 e. The van der Waals surface area contributed by atoms with Crippen molar-refractivity contribution in [1.82, 2.24) is 4.98 Å². The van der Waals surface area contributed by atoms with Crippen LogP contribution in [0, 0.1) is 0 Å². The maximum Gasteiger partial charge on any atom is 0.159 e. The van der Waals surface area contributed by atoms with Gasteiger partial charge in [-0.3, -0.25) is 0 Å². The van der Waals surface area contributed by atoms with Crippen molar-refractivity contribution >= 4 is 21.2 Å². The third-order valence-electron chi connectivity index (χ3n) is 2.58. The molecule has 0 radical (unpaired) electrons. The Kier molecular flexibility index (Phi) is 3.08. The Morgan fingerprint density at radius 1 is 1.53 bits per heavy atom. The summed E-state index contributed by atoms with van der Waals surface area (Å²) in [5, 5.41) is 9.10. The highest BCUT2D eigenvalue weighted by Crippen LogP contribution is 2.35. The second kappa shape index (κ2) is 4.19. The summed E-state index contributed by atoms with van der Waals surface area (Å²) in [6, 6.07) is 0. The first-order valence-electron chi connectivity index (χ1n) is 4.90. The number of aliphatic hydroxyl groups excluding tert-OH is 1. The van der Waals surface area contributed by atoms with Gasteiger partial charge in [0, 0.05) is 6.20 Å². The van der Waals surface area contributed by atoms with Gasteiger partial charge in [0.05, 0.1) is 17.2 Å². The SMILES string of the molecule is O=S1(=O)CCCCC1c1ncc(CO)s1. The molecular formula is C9H13NO3S2. The molecule has 2 heterocycles. The predicted molar refractivity (Wildman–Crippen MR) is 58.4 cm³/mol. The lowest BCUT2D eigenvalue weighted by Gasteiger charge is -2.19. The van der Waals surface area contributed by atoms with E-state index in [2.05, 4.69) is 4.98 Å². The first kappa shape index (κ1) is 11.0. The normalized spacial score (nSPS) is 25.3. The number of sulfone groups is 1. The molecule has 1 saturated heterocycles. The Hall–Kier alpha value is -0.460. The van der Waals surface area contributed by atoms with Crippen LogP contribution in [-0.2, 0) is 16.4 Å². The Labute approximate surface area is 92.9 Å².